The van der Waals surface area contributed by atoms with Gasteiger partial charge < -0.3 is 20.6 Å². The summed E-state index contributed by atoms with van der Waals surface area (Å²) in [7, 11) is 0. The van der Waals surface area contributed by atoms with E-state index in [1.54, 1.807) is 6.08 Å². The Bertz CT molecular complexity index is 897. The Morgan fingerprint density at radius 1 is 1.12 bits per heavy atom. The van der Waals surface area contributed by atoms with Crippen LogP contribution in [0.4, 0.5) is 10.5 Å². The summed E-state index contributed by atoms with van der Waals surface area (Å²) >= 11 is 0. The summed E-state index contributed by atoms with van der Waals surface area (Å²) in [6.45, 7) is 17.5. The van der Waals surface area contributed by atoms with Gasteiger partial charge in [-0.1, -0.05) is 32.1 Å². The molecule has 0 saturated heterocycles. The van der Waals surface area contributed by atoms with E-state index in [4.69, 9.17) is 4.74 Å². The first kappa shape index (κ1) is 26.9. The number of hydroxylamine groups is 2. The zero-order valence-electron chi connectivity index (χ0n) is 21.6. The molecule has 0 spiro atoms. The van der Waals surface area contributed by atoms with Crippen molar-refractivity contribution in [1.29, 1.82) is 0 Å². The number of rotatable bonds is 7. The number of carbonyl (C=O) groups is 2. The van der Waals surface area contributed by atoms with E-state index in [9.17, 15) is 14.8 Å². The number of anilines is 1. The molecule has 0 bridgehead atoms. The van der Waals surface area contributed by atoms with E-state index in [2.05, 4.69) is 24.5 Å². The van der Waals surface area contributed by atoms with Gasteiger partial charge in [0.25, 0.3) is 0 Å². The van der Waals surface area contributed by atoms with Gasteiger partial charge in [-0.05, 0) is 84.1 Å². The second kappa shape index (κ2) is 9.85. The van der Waals surface area contributed by atoms with Gasteiger partial charge in [-0.2, -0.15) is 5.06 Å². The smallest absolute Gasteiger partial charge is 0.408 e. The van der Waals surface area contributed by atoms with Gasteiger partial charge in [-0.15, -0.1) is 0 Å². The average molecular weight is 460 g/mol. The zero-order valence-corrected chi connectivity index (χ0v) is 21.6. The quantitative estimate of drug-likeness (QED) is 0.456. The van der Waals surface area contributed by atoms with Crippen LogP contribution < -0.4 is 10.6 Å². The minimum atomic E-state index is -0.567. The van der Waals surface area contributed by atoms with Crippen molar-refractivity contribution < 1.29 is 19.5 Å². The summed E-state index contributed by atoms with van der Waals surface area (Å²) in [6, 6.07) is 5.54. The first-order chi connectivity index (χ1) is 15.0. The van der Waals surface area contributed by atoms with Crippen molar-refractivity contribution in [3.8, 4) is 0 Å². The summed E-state index contributed by atoms with van der Waals surface area (Å²) < 4.78 is 5.35. The summed E-state index contributed by atoms with van der Waals surface area (Å²) in [5.74, 6) is 0.219. The lowest BCUT2D eigenvalue weighted by molar-refractivity contribution is -0.216. The molecule has 0 aliphatic carbocycles. The van der Waals surface area contributed by atoms with E-state index in [0.29, 0.717) is 11.6 Å². The van der Waals surface area contributed by atoms with Gasteiger partial charge in [0.05, 0.1) is 17.1 Å². The number of hydrogen-bond acceptors (Lipinski definition) is 5. The topological polar surface area (TPSA) is 90.9 Å². The van der Waals surface area contributed by atoms with Crippen LogP contribution in [0.2, 0.25) is 0 Å². The van der Waals surface area contributed by atoms with Crippen molar-refractivity contribution in [1.82, 2.24) is 10.4 Å². The van der Waals surface area contributed by atoms with Crippen LogP contribution in [0.15, 0.2) is 30.4 Å². The SMILES string of the molecule is CC(C)C[C@@H](C=CCC(=O)Nc1ccc2c(c1)C(C)(C)N(O)C2(C)C)NC(=O)OC(C)(C)C. The lowest BCUT2D eigenvalue weighted by Gasteiger charge is -2.34. The molecule has 7 heteroatoms. The minimum Gasteiger partial charge on any atom is -0.444 e. The van der Waals surface area contributed by atoms with Crippen LogP contribution in [-0.2, 0) is 20.6 Å². The number of nitrogens with zero attached hydrogens (tertiary/aromatic N) is 1. The van der Waals surface area contributed by atoms with Gasteiger partial charge in [-0.25, -0.2) is 4.79 Å². The highest BCUT2D eigenvalue weighted by Gasteiger charge is 2.48. The van der Waals surface area contributed by atoms with E-state index < -0.39 is 22.8 Å². The van der Waals surface area contributed by atoms with Gasteiger partial charge in [-0.3, -0.25) is 4.79 Å². The normalized spacial score (nSPS) is 18.3. The molecule has 2 rings (SSSR count). The molecule has 33 heavy (non-hydrogen) atoms. The second-order valence-electron chi connectivity index (χ2n) is 11.3. The fourth-order valence-corrected chi connectivity index (χ4v) is 4.29. The van der Waals surface area contributed by atoms with E-state index in [0.717, 1.165) is 17.5 Å². The number of alkyl carbamates (subject to hydrolysis) is 1. The number of ether oxygens (including phenoxy) is 1. The van der Waals surface area contributed by atoms with Crippen molar-refractivity contribution in [3.05, 3.63) is 41.5 Å². The molecule has 2 amide bonds. The maximum absolute atomic E-state index is 12.5. The Hall–Kier alpha value is -2.38. The number of fused-ring (bicyclic) bond motifs is 1. The van der Waals surface area contributed by atoms with Crippen LogP contribution in [0.5, 0.6) is 0 Å². The number of benzene rings is 1. The van der Waals surface area contributed by atoms with Crippen LogP contribution >= 0.6 is 0 Å². The van der Waals surface area contributed by atoms with Crippen molar-refractivity contribution in [3.63, 3.8) is 0 Å². The Morgan fingerprint density at radius 3 is 2.30 bits per heavy atom. The molecule has 1 aliphatic rings. The van der Waals surface area contributed by atoms with E-state index in [-0.39, 0.29) is 18.4 Å². The molecule has 1 atom stereocenters. The zero-order chi connectivity index (χ0) is 25.2. The Morgan fingerprint density at radius 2 is 1.73 bits per heavy atom. The Balaban J connectivity index is 2.02. The molecule has 0 aromatic heterocycles. The molecule has 0 fully saturated rings. The lowest BCUT2D eigenvalue weighted by Crippen LogP contribution is -2.42. The molecule has 0 radical (unpaired) electrons. The van der Waals surface area contributed by atoms with Crippen LogP contribution in [0.1, 0.15) is 86.3 Å². The third-order valence-electron chi connectivity index (χ3n) is 5.78. The molecule has 1 aromatic carbocycles. The molecule has 3 N–H and O–H groups in total. The molecule has 7 nitrogen and oxygen atoms in total. The predicted molar refractivity (Wildman–Crippen MR) is 131 cm³/mol. The maximum Gasteiger partial charge on any atom is 0.408 e. The number of hydrogen-bond donors (Lipinski definition) is 3. The highest BCUT2D eigenvalue weighted by molar-refractivity contribution is 5.91. The first-order valence-electron chi connectivity index (χ1n) is 11.6. The number of nitrogens with one attached hydrogen (secondary N) is 2. The van der Waals surface area contributed by atoms with Crippen molar-refractivity contribution in [2.45, 2.75) is 97.9 Å². The molecule has 184 valence electrons. The van der Waals surface area contributed by atoms with Gasteiger partial charge in [0.15, 0.2) is 0 Å². The average Bonchev–Trinajstić information content (AvgIpc) is 2.77. The minimum absolute atomic E-state index is 0.150. The number of amides is 2. The summed E-state index contributed by atoms with van der Waals surface area (Å²) in [6.07, 6.45) is 4.08. The molecule has 0 saturated carbocycles. The molecule has 1 aromatic rings. The van der Waals surface area contributed by atoms with Gasteiger partial charge in [0.2, 0.25) is 5.91 Å². The van der Waals surface area contributed by atoms with Crippen molar-refractivity contribution in [2.75, 3.05) is 5.32 Å². The molecular weight excluding hydrogens is 418 g/mol. The monoisotopic (exact) mass is 459 g/mol. The van der Waals surface area contributed by atoms with Gasteiger partial charge in [0, 0.05) is 12.1 Å². The van der Waals surface area contributed by atoms with Crippen molar-refractivity contribution >= 4 is 17.7 Å². The number of carbonyl (C=O) groups excluding carboxylic acids is 2. The molecule has 0 unspecified atom stereocenters. The largest absolute Gasteiger partial charge is 0.444 e. The van der Waals surface area contributed by atoms with Crippen LogP contribution in [0, 0.1) is 5.92 Å². The fraction of sp³-hybridized carbons (Fsp3) is 0.615. The standard InChI is InChI=1S/C26H41N3O4/c1-17(2)15-18(28-23(31)33-24(3,4)5)11-10-12-22(30)27-19-13-14-20-21(16-19)26(8,9)29(32)25(20,6)7/h10-11,13-14,16-18,32H,12,15H2,1-9H3,(H,27,30)(H,28,31)/t18-/m1/s1. The second-order valence-corrected chi connectivity index (χ2v) is 11.3. The third-order valence-corrected chi connectivity index (χ3v) is 5.78. The van der Waals surface area contributed by atoms with Crippen molar-refractivity contribution in [2.24, 2.45) is 5.92 Å². The fourth-order valence-electron chi connectivity index (χ4n) is 4.29. The summed E-state index contributed by atoms with van der Waals surface area (Å²) in [4.78, 5) is 24.7. The van der Waals surface area contributed by atoms with Crippen LogP contribution in [0.25, 0.3) is 0 Å². The first-order valence-corrected chi connectivity index (χ1v) is 11.6. The van der Waals surface area contributed by atoms with E-state index >= 15 is 0 Å². The lowest BCUT2D eigenvalue weighted by atomic mass is 9.90. The summed E-state index contributed by atoms with van der Waals surface area (Å²) in [5.41, 5.74) is 1.09. The van der Waals surface area contributed by atoms with Crippen LogP contribution in [0.3, 0.4) is 0 Å². The van der Waals surface area contributed by atoms with Crippen LogP contribution in [-0.4, -0.2) is 33.9 Å². The maximum atomic E-state index is 12.5. The van der Waals surface area contributed by atoms with Gasteiger partial charge in [0.1, 0.15) is 5.60 Å². The highest BCUT2D eigenvalue weighted by Crippen LogP contribution is 2.48. The van der Waals surface area contributed by atoms with E-state index in [1.807, 2.05) is 72.7 Å². The summed E-state index contributed by atoms with van der Waals surface area (Å²) in [5, 5.41) is 17.8. The highest BCUT2D eigenvalue weighted by atomic mass is 16.6. The molecule has 1 heterocycles. The van der Waals surface area contributed by atoms with Gasteiger partial charge >= 0.3 is 6.09 Å². The third kappa shape index (κ3) is 6.81. The Kier molecular flexibility index (Phi) is 8.02. The molecule has 1 aliphatic heterocycles. The van der Waals surface area contributed by atoms with E-state index in [1.165, 1.54) is 5.06 Å². The molecular formula is C26H41N3O4. The Labute approximate surface area is 198 Å². The predicted octanol–water partition coefficient (Wildman–Crippen LogP) is 5.69.